The van der Waals surface area contributed by atoms with Crippen molar-refractivity contribution in [2.24, 2.45) is 0 Å². The van der Waals surface area contributed by atoms with Crippen LogP contribution in [0.3, 0.4) is 0 Å². The highest BCUT2D eigenvalue weighted by atomic mass is 32.1. The van der Waals surface area contributed by atoms with Crippen molar-refractivity contribution in [1.29, 1.82) is 0 Å². The first kappa shape index (κ1) is 16.4. The molecule has 8 nitrogen and oxygen atoms in total. The summed E-state index contributed by atoms with van der Waals surface area (Å²) in [5, 5.41) is 8.60. The van der Waals surface area contributed by atoms with Crippen molar-refractivity contribution in [3.8, 4) is 27.7 Å². The average Bonchev–Trinajstić information content (AvgIpc) is 3.23. The molecule has 4 heterocycles. The molecule has 0 aliphatic heterocycles. The largest absolute Gasteiger partial charge is 0.480 e. The molecule has 0 amide bonds. The van der Waals surface area contributed by atoms with E-state index in [-0.39, 0.29) is 0 Å². The Morgan fingerprint density at radius 1 is 1.15 bits per heavy atom. The van der Waals surface area contributed by atoms with E-state index in [0.29, 0.717) is 11.6 Å². The fourth-order valence-corrected chi connectivity index (χ4v) is 3.55. The first-order valence-electron chi connectivity index (χ1n) is 7.93. The number of nitrogens with one attached hydrogen (secondary N) is 1. The van der Waals surface area contributed by atoms with Crippen molar-refractivity contribution in [3.63, 3.8) is 0 Å². The van der Waals surface area contributed by atoms with Crippen LogP contribution in [-0.4, -0.2) is 38.7 Å². The Kier molecular flexibility index (Phi) is 4.23. The molecule has 4 aromatic rings. The lowest BCUT2D eigenvalue weighted by molar-refractivity contribution is 0.400. The average molecular weight is 367 g/mol. The van der Waals surface area contributed by atoms with Crippen molar-refractivity contribution in [3.05, 3.63) is 42.5 Å². The summed E-state index contributed by atoms with van der Waals surface area (Å²) in [7, 11) is 3.45. The van der Waals surface area contributed by atoms with Gasteiger partial charge in [0.25, 0.3) is 0 Å². The Morgan fingerprint density at radius 2 is 2.04 bits per heavy atom. The van der Waals surface area contributed by atoms with E-state index in [9.17, 15) is 0 Å². The monoisotopic (exact) mass is 367 g/mol. The predicted molar refractivity (Wildman–Crippen MR) is 101 cm³/mol. The van der Waals surface area contributed by atoms with Crippen LogP contribution in [0.2, 0.25) is 0 Å². The quantitative estimate of drug-likeness (QED) is 0.557. The van der Waals surface area contributed by atoms with Gasteiger partial charge in [-0.05, 0) is 24.7 Å². The van der Waals surface area contributed by atoms with Gasteiger partial charge >= 0.3 is 0 Å². The SMILES string of the molecule is CNCc1cncc(-c2cnc3sc(-c4cnc(OC)c(N)c4)nn23)c1. The van der Waals surface area contributed by atoms with Gasteiger partial charge in [-0.15, -0.1) is 0 Å². The summed E-state index contributed by atoms with van der Waals surface area (Å²) < 4.78 is 6.93. The summed E-state index contributed by atoms with van der Waals surface area (Å²) >= 11 is 1.47. The molecule has 4 aromatic heterocycles. The number of aromatic nitrogens is 5. The van der Waals surface area contributed by atoms with Crippen LogP contribution in [0.25, 0.3) is 26.8 Å². The Labute approximate surface area is 153 Å². The molecule has 0 unspecified atom stereocenters. The summed E-state index contributed by atoms with van der Waals surface area (Å²) in [4.78, 5) is 13.8. The molecule has 0 radical (unpaired) electrons. The molecule has 0 aromatic carbocycles. The molecule has 3 N–H and O–H groups in total. The van der Waals surface area contributed by atoms with E-state index in [1.54, 1.807) is 12.3 Å². The predicted octanol–water partition coefficient (Wildman–Crippen LogP) is 2.22. The summed E-state index contributed by atoms with van der Waals surface area (Å²) in [6.45, 7) is 0.752. The number of rotatable bonds is 5. The molecule has 0 fully saturated rings. The molecular formula is C17H17N7OS. The molecule has 0 saturated heterocycles. The van der Waals surface area contributed by atoms with Gasteiger partial charge in [0.05, 0.1) is 24.7 Å². The van der Waals surface area contributed by atoms with Gasteiger partial charge in [0.15, 0.2) is 0 Å². The van der Waals surface area contributed by atoms with Gasteiger partial charge in [-0.2, -0.15) is 5.10 Å². The van der Waals surface area contributed by atoms with Crippen LogP contribution in [0.4, 0.5) is 5.69 Å². The normalized spacial score (nSPS) is 11.2. The van der Waals surface area contributed by atoms with E-state index in [1.165, 1.54) is 18.4 Å². The molecule has 0 bridgehead atoms. The standard InChI is InChI=1S/C17H17N7OS/c1-19-5-10-3-11(7-20-6-10)14-9-22-17-24(14)23-16(26-17)12-4-13(18)15(25-2)21-8-12/h3-4,6-9,19H,5,18H2,1-2H3. The van der Waals surface area contributed by atoms with E-state index >= 15 is 0 Å². The zero-order valence-corrected chi connectivity index (χ0v) is 15.1. The minimum Gasteiger partial charge on any atom is -0.480 e. The van der Waals surface area contributed by atoms with Gasteiger partial charge in [0, 0.05) is 36.3 Å². The third-order valence-electron chi connectivity index (χ3n) is 3.88. The molecule has 132 valence electrons. The number of fused-ring (bicyclic) bond motifs is 1. The first-order valence-corrected chi connectivity index (χ1v) is 8.74. The van der Waals surface area contributed by atoms with Crippen LogP contribution in [-0.2, 0) is 6.54 Å². The maximum atomic E-state index is 5.96. The van der Waals surface area contributed by atoms with E-state index < -0.39 is 0 Å². The van der Waals surface area contributed by atoms with E-state index in [2.05, 4.69) is 31.4 Å². The molecule has 9 heteroatoms. The number of methoxy groups -OCH3 is 1. The lowest BCUT2D eigenvalue weighted by atomic mass is 10.1. The fraction of sp³-hybridized carbons (Fsp3) is 0.176. The number of hydrogen-bond donors (Lipinski definition) is 2. The number of nitrogen functional groups attached to an aromatic ring is 1. The number of anilines is 1. The van der Waals surface area contributed by atoms with Crippen LogP contribution in [0.1, 0.15) is 5.56 Å². The summed E-state index contributed by atoms with van der Waals surface area (Å²) in [6.07, 6.45) is 7.16. The highest BCUT2D eigenvalue weighted by Crippen LogP contribution is 2.31. The fourth-order valence-electron chi connectivity index (χ4n) is 2.69. The van der Waals surface area contributed by atoms with Gasteiger partial charge in [0.1, 0.15) is 5.01 Å². The molecule has 0 saturated carbocycles. The third-order valence-corrected chi connectivity index (χ3v) is 4.85. The van der Waals surface area contributed by atoms with Gasteiger partial charge < -0.3 is 15.8 Å². The molecule has 0 spiro atoms. The second kappa shape index (κ2) is 6.70. The number of nitrogens with zero attached hydrogens (tertiary/aromatic N) is 5. The summed E-state index contributed by atoms with van der Waals surface area (Å²) in [5.41, 5.74) is 10.2. The Hall–Kier alpha value is -3.04. The number of nitrogens with two attached hydrogens (primary N) is 1. The van der Waals surface area contributed by atoms with Gasteiger partial charge in [-0.3, -0.25) is 4.98 Å². The minimum atomic E-state index is 0.406. The Bertz CT molecular complexity index is 1070. The zero-order chi connectivity index (χ0) is 18.1. The number of ether oxygens (including phenoxy) is 1. The van der Waals surface area contributed by atoms with Crippen LogP contribution in [0.5, 0.6) is 5.88 Å². The van der Waals surface area contributed by atoms with Crippen LogP contribution in [0.15, 0.2) is 36.9 Å². The van der Waals surface area contributed by atoms with Crippen LogP contribution < -0.4 is 15.8 Å². The van der Waals surface area contributed by atoms with Crippen molar-refractivity contribution in [2.75, 3.05) is 19.9 Å². The molecular weight excluding hydrogens is 350 g/mol. The van der Waals surface area contributed by atoms with Gasteiger partial charge in [0.2, 0.25) is 10.8 Å². The summed E-state index contributed by atoms with van der Waals surface area (Å²) in [5.74, 6) is 0.406. The molecule has 26 heavy (non-hydrogen) atoms. The molecule has 0 aliphatic rings. The first-order chi connectivity index (χ1) is 12.7. The lowest BCUT2D eigenvalue weighted by Crippen LogP contribution is -2.05. The number of hydrogen-bond acceptors (Lipinski definition) is 8. The molecule has 0 aliphatic carbocycles. The van der Waals surface area contributed by atoms with Crippen LogP contribution >= 0.6 is 11.3 Å². The maximum Gasteiger partial charge on any atom is 0.236 e. The molecule has 0 atom stereocenters. The highest BCUT2D eigenvalue weighted by Gasteiger charge is 2.14. The van der Waals surface area contributed by atoms with Crippen molar-refractivity contribution >= 4 is 22.0 Å². The van der Waals surface area contributed by atoms with Crippen LogP contribution in [0, 0.1) is 0 Å². The Morgan fingerprint density at radius 3 is 2.81 bits per heavy atom. The number of imidazole rings is 1. The third kappa shape index (κ3) is 2.87. The van der Waals surface area contributed by atoms with E-state index in [1.807, 2.05) is 30.2 Å². The van der Waals surface area contributed by atoms with Crippen molar-refractivity contribution in [2.45, 2.75) is 6.54 Å². The minimum absolute atomic E-state index is 0.406. The zero-order valence-electron chi connectivity index (χ0n) is 14.3. The highest BCUT2D eigenvalue weighted by molar-refractivity contribution is 7.19. The molecule has 4 rings (SSSR count). The smallest absolute Gasteiger partial charge is 0.236 e. The Balaban J connectivity index is 1.76. The van der Waals surface area contributed by atoms with Gasteiger partial charge in [-0.25, -0.2) is 14.5 Å². The summed E-state index contributed by atoms with van der Waals surface area (Å²) in [6, 6.07) is 3.89. The topological polar surface area (TPSA) is 103 Å². The second-order valence-corrected chi connectivity index (χ2v) is 6.64. The van der Waals surface area contributed by atoms with Gasteiger partial charge in [-0.1, -0.05) is 11.3 Å². The lowest BCUT2D eigenvalue weighted by Gasteiger charge is -2.04. The maximum absolute atomic E-state index is 5.96. The van der Waals surface area contributed by atoms with E-state index in [0.717, 1.165) is 38.9 Å². The van der Waals surface area contributed by atoms with E-state index in [4.69, 9.17) is 10.5 Å². The second-order valence-electron chi connectivity index (χ2n) is 5.68. The number of pyridine rings is 2. The van der Waals surface area contributed by atoms with Crippen molar-refractivity contribution < 1.29 is 4.74 Å². The van der Waals surface area contributed by atoms with Crippen molar-refractivity contribution in [1.82, 2.24) is 29.9 Å².